The van der Waals surface area contributed by atoms with Crippen LogP contribution in [0.1, 0.15) is 42.8 Å². The van der Waals surface area contributed by atoms with E-state index in [0.29, 0.717) is 0 Å². The van der Waals surface area contributed by atoms with Gasteiger partial charge in [-0.15, -0.1) is 10.2 Å². The second-order valence-electron chi connectivity index (χ2n) is 7.62. The van der Waals surface area contributed by atoms with Crippen LogP contribution in [0.3, 0.4) is 0 Å². The minimum Gasteiger partial charge on any atom is -0.321 e. The second-order valence-corrected chi connectivity index (χ2v) is 8.56. The number of nitrogens with two attached hydrogens (primary N) is 1. The third-order valence-electron chi connectivity index (χ3n) is 5.32. The summed E-state index contributed by atoms with van der Waals surface area (Å²) in [6.45, 7) is 2.87. The lowest BCUT2D eigenvalue weighted by molar-refractivity contribution is 0.552. The molecular formula is C26H28N4S. The Kier molecular flexibility index (Phi) is 7.18. The minimum atomic E-state index is -0.104. The van der Waals surface area contributed by atoms with E-state index in [1.807, 2.05) is 12.1 Å². The van der Waals surface area contributed by atoms with Crippen molar-refractivity contribution in [2.45, 2.75) is 43.3 Å². The molecule has 5 heteroatoms. The number of thioether (sulfide) groups is 1. The maximum Gasteiger partial charge on any atom is 0.191 e. The molecule has 0 aliphatic heterocycles. The van der Waals surface area contributed by atoms with Gasteiger partial charge in [0.25, 0.3) is 0 Å². The topological polar surface area (TPSA) is 56.7 Å². The van der Waals surface area contributed by atoms with Gasteiger partial charge < -0.3 is 10.3 Å². The predicted octanol–water partition coefficient (Wildman–Crippen LogP) is 6.09. The van der Waals surface area contributed by atoms with E-state index < -0.39 is 0 Å². The van der Waals surface area contributed by atoms with Crippen molar-refractivity contribution in [3.05, 3.63) is 102 Å². The van der Waals surface area contributed by atoms with Crippen molar-refractivity contribution in [1.82, 2.24) is 14.8 Å². The van der Waals surface area contributed by atoms with Gasteiger partial charge in [-0.05, 0) is 28.7 Å². The first kappa shape index (κ1) is 21.3. The Morgan fingerprint density at radius 2 is 1.55 bits per heavy atom. The van der Waals surface area contributed by atoms with E-state index in [2.05, 4.69) is 94.5 Å². The van der Waals surface area contributed by atoms with Gasteiger partial charge in [0.1, 0.15) is 0 Å². The molecule has 4 nitrogen and oxygen atoms in total. The van der Waals surface area contributed by atoms with E-state index in [9.17, 15) is 0 Å². The monoisotopic (exact) mass is 428 g/mol. The second kappa shape index (κ2) is 10.4. The molecule has 1 aromatic heterocycles. The van der Waals surface area contributed by atoms with Gasteiger partial charge in [-0.25, -0.2) is 0 Å². The van der Waals surface area contributed by atoms with Crippen LogP contribution in [-0.4, -0.2) is 14.8 Å². The highest BCUT2D eigenvalue weighted by Crippen LogP contribution is 2.30. The maximum absolute atomic E-state index is 6.45. The fourth-order valence-corrected chi connectivity index (χ4v) is 4.67. The van der Waals surface area contributed by atoms with Crippen molar-refractivity contribution in [1.29, 1.82) is 0 Å². The number of hydrogen-bond acceptors (Lipinski definition) is 4. The Balaban J connectivity index is 1.61. The highest BCUT2D eigenvalue weighted by Gasteiger charge is 2.19. The largest absolute Gasteiger partial charge is 0.321 e. The molecule has 2 N–H and O–H groups in total. The summed E-state index contributed by atoms with van der Waals surface area (Å²) in [6, 6.07) is 29.4. The molecule has 0 saturated carbocycles. The molecule has 0 bridgehead atoms. The molecule has 3 aromatic carbocycles. The predicted molar refractivity (Wildman–Crippen MR) is 129 cm³/mol. The number of hydrogen-bond donors (Lipinski definition) is 1. The molecule has 4 aromatic rings. The van der Waals surface area contributed by atoms with Gasteiger partial charge in [0.05, 0.1) is 12.6 Å². The molecule has 4 rings (SSSR count). The summed E-state index contributed by atoms with van der Waals surface area (Å²) in [5.41, 5.74) is 11.4. The summed E-state index contributed by atoms with van der Waals surface area (Å²) in [5, 5.41) is 9.93. The van der Waals surface area contributed by atoms with Gasteiger partial charge in [-0.2, -0.15) is 0 Å². The summed E-state index contributed by atoms with van der Waals surface area (Å²) in [4.78, 5) is 0. The summed E-state index contributed by atoms with van der Waals surface area (Å²) >= 11 is 1.72. The molecule has 0 saturated heterocycles. The average Bonchev–Trinajstić information content (AvgIpc) is 3.22. The molecule has 0 aliphatic carbocycles. The van der Waals surface area contributed by atoms with Crippen molar-refractivity contribution >= 4 is 11.8 Å². The Labute approximate surface area is 188 Å². The molecule has 158 valence electrons. The number of aromatic nitrogens is 3. The van der Waals surface area contributed by atoms with Crippen LogP contribution in [0.15, 0.2) is 90.1 Å². The molecule has 1 atom stereocenters. The van der Waals surface area contributed by atoms with Crippen LogP contribution in [0, 0.1) is 0 Å². The van der Waals surface area contributed by atoms with E-state index in [1.165, 1.54) is 22.3 Å². The van der Waals surface area contributed by atoms with Crippen molar-refractivity contribution in [2.75, 3.05) is 0 Å². The van der Waals surface area contributed by atoms with Crippen molar-refractivity contribution in [3.8, 4) is 11.1 Å². The van der Waals surface area contributed by atoms with Crippen molar-refractivity contribution in [2.24, 2.45) is 5.73 Å². The summed E-state index contributed by atoms with van der Waals surface area (Å²) in [5.74, 6) is 1.69. The number of nitrogens with zero attached hydrogens (tertiary/aromatic N) is 3. The Morgan fingerprint density at radius 1 is 0.871 bits per heavy atom. The van der Waals surface area contributed by atoms with Gasteiger partial charge in [0.15, 0.2) is 11.0 Å². The van der Waals surface area contributed by atoms with E-state index in [0.717, 1.165) is 36.1 Å². The highest BCUT2D eigenvalue weighted by atomic mass is 32.2. The third-order valence-corrected chi connectivity index (χ3v) is 6.33. The van der Waals surface area contributed by atoms with E-state index in [-0.39, 0.29) is 6.04 Å². The van der Waals surface area contributed by atoms with Crippen molar-refractivity contribution < 1.29 is 0 Å². The normalized spacial score (nSPS) is 12.1. The number of rotatable bonds is 9. The highest BCUT2D eigenvalue weighted by molar-refractivity contribution is 7.98. The average molecular weight is 429 g/mol. The molecule has 0 aliphatic rings. The fourth-order valence-electron chi connectivity index (χ4n) is 3.72. The lowest BCUT2D eigenvalue weighted by atomic mass is 10.0. The van der Waals surface area contributed by atoms with Crippen LogP contribution in [0.5, 0.6) is 0 Å². The quantitative estimate of drug-likeness (QED) is 0.328. The SMILES string of the molecule is CCCC(N)c1nnc(SCc2ccccc2-c2ccccc2)n1Cc1ccccc1. The molecule has 31 heavy (non-hydrogen) atoms. The van der Waals surface area contributed by atoms with E-state index in [4.69, 9.17) is 5.73 Å². The third kappa shape index (κ3) is 5.24. The Morgan fingerprint density at radius 3 is 2.29 bits per heavy atom. The zero-order chi connectivity index (χ0) is 21.5. The first-order valence-electron chi connectivity index (χ1n) is 10.7. The van der Waals surface area contributed by atoms with Crippen LogP contribution in [0.25, 0.3) is 11.1 Å². The molecule has 1 heterocycles. The van der Waals surface area contributed by atoms with Crippen LogP contribution in [0.2, 0.25) is 0 Å². The fraction of sp³-hybridized carbons (Fsp3) is 0.231. The van der Waals surface area contributed by atoms with Gasteiger partial charge in [0.2, 0.25) is 0 Å². The Hall–Kier alpha value is -2.89. The zero-order valence-corrected chi connectivity index (χ0v) is 18.6. The van der Waals surface area contributed by atoms with Crippen LogP contribution >= 0.6 is 11.8 Å². The lowest BCUT2D eigenvalue weighted by Gasteiger charge is -2.15. The van der Waals surface area contributed by atoms with Gasteiger partial charge in [-0.1, -0.05) is 110 Å². The van der Waals surface area contributed by atoms with Crippen LogP contribution in [-0.2, 0) is 12.3 Å². The maximum atomic E-state index is 6.45. The zero-order valence-electron chi connectivity index (χ0n) is 17.8. The Bertz CT molecular complexity index is 1090. The molecule has 0 radical (unpaired) electrons. The molecule has 0 fully saturated rings. The minimum absolute atomic E-state index is 0.104. The smallest absolute Gasteiger partial charge is 0.191 e. The van der Waals surface area contributed by atoms with Crippen LogP contribution in [0.4, 0.5) is 0 Å². The van der Waals surface area contributed by atoms with E-state index in [1.54, 1.807) is 11.8 Å². The first-order chi connectivity index (χ1) is 15.3. The van der Waals surface area contributed by atoms with Crippen LogP contribution < -0.4 is 5.73 Å². The molecule has 1 unspecified atom stereocenters. The summed E-state index contributed by atoms with van der Waals surface area (Å²) in [7, 11) is 0. The van der Waals surface area contributed by atoms with Gasteiger partial charge in [-0.3, -0.25) is 0 Å². The van der Waals surface area contributed by atoms with Crippen molar-refractivity contribution in [3.63, 3.8) is 0 Å². The molecular weight excluding hydrogens is 400 g/mol. The summed E-state index contributed by atoms with van der Waals surface area (Å²) in [6.07, 6.45) is 1.92. The van der Waals surface area contributed by atoms with Gasteiger partial charge >= 0.3 is 0 Å². The van der Waals surface area contributed by atoms with E-state index >= 15 is 0 Å². The van der Waals surface area contributed by atoms with Gasteiger partial charge in [0, 0.05) is 5.75 Å². The summed E-state index contributed by atoms with van der Waals surface area (Å²) < 4.78 is 2.19. The standard InChI is InChI=1S/C26H28N4S/c1-2-11-24(27)25-28-29-26(30(25)18-20-12-5-3-6-13-20)31-19-22-16-9-10-17-23(22)21-14-7-4-8-15-21/h3-10,12-17,24H,2,11,18-19,27H2,1H3. The molecule has 0 spiro atoms. The molecule has 0 amide bonds. The number of benzene rings is 3. The first-order valence-corrected chi connectivity index (χ1v) is 11.7. The lowest BCUT2D eigenvalue weighted by Crippen LogP contribution is -2.17.